The third kappa shape index (κ3) is 2.69. The van der Waals surface area contributed by atoms with E-state index in [9.17, 15) is 9.59 Å². The van der Waals surface area contributed by atoms with Gasteiger partial charge in [0.05, 0.1) is 0 Å². The number of hydrogen-bond donors (Lipinski definition) is 3. The molecule has 74 valence electrons. The Kier molecular flexibility index (Phi) is 3.25. The maximum atomic E-state index is 11.0. The Morgan fingerprint density at radius 3 is 2.92 bits per heavy atom. The molecule has 1 heterocycles. The van der Waals surface area contributed by atoms with E-state index in [1.807, 2.05) is 0 Å². The molecule has 4 N–H and O–H groups in total. The number of primary amides is 1. The standard InChI is InChI=1S/C8H14N2O3/c9-7(12)6(11)2-1-5-3-4-10-8(5)13/h5-6,11H,1-4H2,(H2,9,12)(H,10,13)/t5-,6?/m0/s1. The fourth-order valence-corrected chi connectivity index (χ4v) is 1.42. The molecule has 1 aliphatic heterocycles. The van der Waals surface area contributed by atoms with Crippen LogP contribution in [0.5, 0.6) is 0 Å². The maximum Gasteiger partial charge on any atom is 0.246 e. The normalized spacial score (nSPS) is 24.1. The smallest absolute Gasteiger partial charge is 0.246 e. The summed E-state index contributed by atoms with van der Waals surface area (Å²) < 4.78 is 0. The monoisotopic (exact) mass is 186 g/mol. The highest BCUT2D eigenvalue weighted by Gasteiger charge is 2.25. The van der Waals surface area contributed by atoms with Gasteiger partial charge in [-0.2, -0.15) is 0 Å². The van der Waals surface area contributed by atoms with Crippen LogP contribution in [0.4, 0.5) is 0 Å². The van der Waals surface area contributed by atoms with E-state index in [0.717, 1.165) is 6.42 Å². The Morgan fingerprint density at radius 1 is 1.77 bits per heavy atom. The minimum atomic E-state index is -1.12. The second kappa shape index (κ2) is 4.23. The molecular formula is C8H14N2O3. The van der Waals surface area contributed by atoms with E-state index in [1.165, 1.54) is 0 Å². The van der Waals surface area contributed by atoms with Gasteiger partial charge in [0.1, 0.15) is 6.10 Å². The molecule has 5 nitrogen and oxygen atoms in total. The minimum absolute atomic E-state index is 0.0108. The van der Waals surface area contributed by atoms with Gasteiger partial charge in [-0.15, -0.1) is 0 Å². The number of aliphatic hydroxyl groups excluding tert-OH is 1. The lowest BCUT2D eigenvalue weighted by atomic mass is 9.99. The second-order valence-corrected chi connectivity index (χ2v) is 3.27. The summed E-state index contributed by atoms with van der Waals surface area (Å²) in [5.74, 6) is -0.774. The van der Waals surface area contributed by atoms with Crippen LogP contribution in [-0.2, 0) is 9.59 Å². The zero-order chi connectivity index (χ0) is 9.84. The third-order valence-corrected chi connectivity index (χ3v) is 2.28. The number of amides is 2. The zero-order valence-corrected chi connectivity index (χ0v) is 7.32. The van der Waals surface area contributed by atoms with Gasteiger partial charge in [-0.25, -0.2) is 0 Å². The molecule has 0 radical (unpaired) electrons. The van der Waals surface area contributed by atoms with Gasteiger partial charge in [-0.3, -0.25) is 9.59 Å². The fraction of sp³-hybridized carbons (Fsp3) is 0.750. The van der Waals surface area contributed by atoms with Crippen molar-refractivity contribution in [2.75, 3.05) is 6.54 Å². The van der Waals surface area contributed by atoms with Gasteiger partial charge in [0.15, 0.2) is 0 Å². The van der Waals surface area contributed by atoms with Crippen LogP contribution in [0, 0.1) is 5.92 Å². The average Bonchev–Trinajstić information content (AvgIpc) is 2.47. The van der Waals surface area contributed by atoms with Crippen molar-refractivity contribution in [3.63, 3.8) is 0 Å². The van der Waals surface area contributed by atoms with E-state index >= 15 is 0 Å². The van der Waals surface area contributed by atoms with Crippen LogP contribution in [0.3, 0.4) is 0 Å². The average molecular weight is 186 g/mol. The van der Waals surface area contributed by atoms with Crippen LogP contribution in [0.2, 0.25) is 0 Å². The lowest BCUT2D eigenvalue weighted by molar-refractivity contribution is -0.127. The topological polar surface area (TPSA) is 92.4 Å². The first-order valence-corrected chi connectivity index (χ1v) is 4.36. The molecule has 1 rings (SSSR count). The predicted molar refractivity (Wildman–Crippen MR) is 45.6 cm³/mol. The molecule has 13 heavy (non-hydrogen) atoms. The molecule has 1 unspecified atom stereocenters. The summed E-state index contributed by atoms with van der Waals surface area (Å²) in [6.45, 7) is 0.691. The zero-order valence-electron chi connectivity index (χ0n) is 7.32. The molecule has 0 aliphatic carbocycles. The first-order chi connectivity index (χ1) is 6.11. The summed E-state index contributed by atoms with van der Waals surface area (Å²) in [6, 6.07) is 0. The first kappa shape index (κ1) is 9.98. The summed E-state index contributed by atoms with van der Waals surface area (Å²) in [4.78, 5) is 21.5. The van der Waals surface area contributed by atoms with Crippen molar-refractivity contribution in [1.29, 1.82) is 0 Å². The van der Waals surface area contributed by atoms with Gasteiger partial charge in [-0.05, 0) is 19.3 Å². The van der Waals surface area contributed by atoms with Gasteiger partial charge in [0.25, 0.3) is 0 Å². The van der Waals surface area contributed by atoms with Gasteiger partial charge in [0.2, 0.25) is 11.8 Å². The van der Waals surface area contributed by atoms with Crippen LogP contribution < -0.4 is 11.1 Å². The first-order valence-electron chi connectivity index (χ1n) is 4.36. The van der Waals surface area contributed by atoms with Gasteiger partial charge in [0, 0.05) is 12.5 Å². The number of nitrogens with one attached hydrogen (secondary N) is 1. The van der Waals surface area contributed by atoms with E-state index in [1.54, 1.807) is 0 Å². The second-order valence-electron chi connectivity index (χ2n) is 3.27. The number of nitrogens with two attached hydrogens (primary N) is 1. The molecule has 0 bridgehead atoms. The highest BCUT2D eigenvalue weighted by Crippen LogP contribution is 2.16. The summed E-state index contributed by atoms with van der Waals surface area (Å²) >= 11 is 0. The quantitative estimate of drug-likeness (QED) is 0.512. The molecule has 2 amide bonds. The summed E-state index contributed by atoms with van der Waals surface area (Å²) in [5, 5.41) is 11.8. The van der Waals surface area contributed by atoms with Crippen LogP contribution in [-0.4, -0.2) is 29.6 Å². The molecule has 2 atom stereocenters. The van der Waals surface area contributed by atoms with Crippen LogP contribution in [0.1, 0.15) is 19.3 Å². The van der Waals surface area contributed by atoms with Gasteiger partial charge < -0.3 is 16.2 Å². The predicted octanol–water partition coefficient (Wildman–Crippen LogP) is -1.25. The van der Waals surface area contributed by atoms with Crippen LogP contribution in [0.25, 0.3) is 0 Å². The Bertz CT molecular complexity index is 217. The lowest BCUT2D eigenvalue weighted by Crippen LogP contribution is -2.29. The molecule has 1 fully saturated rings. The van der Waals surface area contributed by atoms with Crippen molar-refractivity contribution in [2.45, 2.75) is 25.4 Å². The maximum absolute atomic E-state index is 11.0. The molecule has 0 saturated carbocycles. The largest absolute Gasteiger partial charge is 0.383 e. The number of rotatable bonds is 4. The Labute approximate surface area is 76.3 Å². The molecule has 1 aliphatic rings. The van der Waals surface area contributed by atoms with E-state index in [4.69, 9.17) is 10.8 Å². The Morgan fingerprint density at radius 2 is 2.46 bits per heavy atom. The molecule has 0 spiro atoms. The molecule has 0 aromatic heterocycles. The van der Waals surface area contributed by atoms with Crippen LogP contribution in [0.15, 0.2) is 0 Å². The minimum Gasteiger partial charge on any atom is -0.383 e. The van der Waals surface area contributed by atoms with Gasteiger partial charge in [-0.1, -0.05) is 0 Å². The summed E-state index contributed by atoms with van der Waals surface area (Å²) in [6.07, 6.45) is 0.460. The van der Waals surface area contributed by atoms with Crippen molar-refractivity contribution in [3.8, 4) is 0 Å². The Balaban J connectivity index is 2.25. The molecular weight excluding hydrogens is 172 g/mol. The molecule has 1 saturated heterocycles. The molecule has 0 aromatic carbocycles. The van der Waals surface area contributed by atoms with Crippen molar-refractivity contribution in [3.05, 3.63) is 0 Å². The highest BCUT2D eigenvalue weighted by atomic mass is 16.3. The van der Waals surface area contributed by atoms with Crippen molar-refractivity contribution in [2.24, 2.45) is 11.7 Å². The SMILES string of the molecule is NC(=O)C(O)CC[C@H]1CCNC1=O. The van der Waals surface area contributed by atoms with E-state index in [0.29, 0.717) is 13.0 Å². The Hall–Kier alpha value is -1.10. The third-order valence-electron chi connectivity index (χ3n) is 2.28. The van der Waals surface area contributed by atoms with E-state index in [-0.39, 0.29) is 18.2 Å². The van der Waals surface area contributed by atoms with Crippen molar-refractivity contribution < 1.29 is 14.7 Å². The lowest BCUT2D eigenvalue weighted by Gasteiger charge is -2.08. The van der Waals surface area contributed by atoms with E-state index < -0.39 is 12.0 Å². The molecule has 5 heteroatoms. The fourth-order valence-electron chi connectivity index (χ4n) is 1.42. The number of aliphatic hydroxyl groups is 1. The van der Waals surface area contributed by atoms with E-state index in [2.05, 4.69) is 5.32 Å². The number of hydrogen-bond acceptors (Lipinski definition) is 3. The van der Waals surface area contributed by atoms with Crippen molar-refractivity contribution in [1.82, 2.24) is 5.32 Å². The number of carbonyl (C=O) groups excluding carboxylic acids is 2. The summed E-state index contributed by atoms with van der Waals surface area (Å²) in [5.41, 5.74) is 4.87. The van der Waals surface area contributed by atoms with Crippen LogP contribution >= 0.6 is 0 Å². The highest BCUT2D eigenvalue weighted by molar-refractivity contribution is 5.81. The van der Waals surface area contributed by atoms with Crippen molar-refractivity contribution >= 4 is 11.8 Å². The summed E-state index contributed by atoms with van der Waals surface area (Å²) in [7, 11) is 0. The van der Waals surface area contributed by atoms with Gasteiger partial charge >= 0.3 is 0 Å². The molecule has 0 aromatic rings. The number of carbonyl (C=O) groups is 2.